The minimum atomic E-state index is -2.65. The molecule has 1 N–H and O–H groups in total. The van der Waals surface area contributed by atoms with E-state index in [-0.39, 0.29) is 16.7 Å². The van der Waals surface area contributed by atoms with Crippen LogP contribution < -0.4 is 0 Å². The van der Waals surface area contributed by atoms with Gasteiger partial charge in [0.2, 0.25) is 29.3 Å². The van der Waals surface area contributed by atoms with Crippen LogP contribution in [0.2, 0.25) is 22.7 Å². The Balaban J connectivity index is 3.24. The lowest BCUT2D eigenvalue weighted by molar-refractivity contribution is -0.0301. The first-order chi connectivity index (χ1) is 32.5. The molecule has 0 aliphatic heterocycles. The zero-order valence-corrected chi connectivity index (χ0v) is 47.1. The van der Waals surface area contributed by atoms with Crippen molar-refractivity contribution >= 4 is 49.9 Å². The van der Waals surface area contributed by atoms with E-state index < -0.39 is 8.80 Å². The van der Waals surface area contributed by atoms with Gasteiger partial charge in [0.15, 0.2) is 0 Å². The molecule has 0 saturated heterocycles. The van der Waals surface area contributed by atoms with Crippen LogP contribution in [0, 0.1) is 0 Å². The second-order valence-electron chi connectivity index (χ2n) is 16.3. The Labute approximate surface area is 417 Å². The molecule has 67 heavy (non-hydrogen) atoms. The van der Waals surface area contributed by atoms with Crippen LogP contribution in [-0.2, 0) is 83.4 Å². The first-order valence-corrected chi connectivity index (χ1v) is 29.9. The van der Waals surface area contributed by atoms with Gasteiger partial charge in [-0.2, -0.15) is 11.8 Å². The summed E-state index contributed by atoms with van der Waals surface area (Å²) in [7, 11) is -1.58. The van der Waals surface area contributed by atoms with Gasteiger partial charge in [-0.3, -0.25) is 0 Å². The van der Waals surface area contributed by atoms with Gasteiger partial charge in [0, 0.05) is 12.3 Å². The summed E-state index contributed by atoms with van der Waals surface area (Å²) in [4.78, 5) is 0. The van der Waals surface area contributed by atoms with Crippen molar-refractivity contribution in [2.75, 3.05) is 216 Å². The van der Waals surface area contributed by atoms with Crippen LogP contribution >= 0.6 is 11.8 Å². The molecule has 0 aliphatic rings. The van der Waals surface area contributed by atoms with Crippen molar-refractivity contribution in [2.45, 2.75) is 64.2 Å². The Hall–Kier alpha value is 0.458. The molecule has 398 valence electrons. The smallest absolute Gasteiger partial charge is 0.416 e. The van der Waals surface area contributed by atoms with Crippen molar-refractivity contribution in [3.8, 4) is 0 Å². The Morgan fingerprint density at radius 1 is 0.328 bits per heavy atom. The second kappa shape index (κ2) is 51.4. The van der Waals surface area contributed by atoms with Crippen molar-refractivity contribution < 1.29 is 88.5 Å². The SMILES string of the molecule is CC(C)(C)[Si]O[Si](C)(O[Si]CCSCCOCCOCCOCCOCCOCCOCCOCCOCCOCCOCCOCCOCCOCCOCCOCCO)O[Si]C(C)(C)C. The van der Waals surface area contributed by atoms with Crippen molar-refractivity contribution in [3.63, 3.8) is 0 Å². The molecule has 0 aliphatic carbocycles. The van der Waals surface area contributed by atoms with Crippen LogP contribution in [0.3, 0.4) is 0 Å². The number of thioether (sulfide) groups is 1. The van der Waals surface area contributed by atoms with E-state index in [9.17, 15) is 0 Å². The number of hydrogen-bond donors (Lipinski definition) is 1. The van der Waals surface area contributed by atoms with Gasteiger partial charge in [0.1, 0.15) is 0 Å². The molecular weight excluding hydrogens is 965 g/mol. The third kappa shape index (κ3) is 58.9. The third-order valence-corrected chi connectivity index (χ3v) is 16.3. The number of rotatable bonds is 56. The molecule has 0 unspecified atom stereocenters. The highest BCUT2D eigenvalue weighted by molar-refractivity contribution is 7.99. The monoisotopic (exact) mass is 1050 g/mol. The third-order valence-electron chi connectivity index (χ3n) is 7.51. The molecule has 0 fully saturated rings. The molecule has 0 atom stereocenters. The average molecular weight is 1060 g/mol. The topological polar surface area (TPSA) is 186 Å². The molecule has 0 amide bonds. The predicted octanol–water partition coefficient (Wildman–Crippen LogP) is 3.29. The Morgan fingerprint density at radius 3 is 0.776 bits per heavy atom. The summed E-state index contributed by atoms with van der Waals surface area (Å²) in [6.45, 7) is 30.2. The van der Waals surface area contributed by atoms with Crippen molar-refractivity contribution in [1.82, 2.24) is 0 Å². The fourth-order valence-electron chi connectivity index (χ4n) is 4.32. The van der Waals surface area contributed by atoms with Crippen molar-refractivity contribution in [3.05, 3.63) is 0 Å². The maximum Gasteiger partial charge on any atom is 0.465 e. The van der Waals surface area contributed by atoms with Crippen molar-refractivity contribution in [2.24, 2.45) is 0 Å². The van der Waals surface area contributed by atoms with Crippen LogP contribution in [0.5, 0.6) is 0 Å². The maximum atomic E-state index is 8.61. The lowest BCUT2D eigenvalue weighted by Gasteiger charge is -2.31. The Bertz CT molecular complexity index is 964. The predicted molar refractivity (Wildman–Crippen MR) is 263 cm³/mol. The summed E-state index contributed by atoms with van der Waals surface area (Å²) in [6.07, 6.45) is 0. The number of aliphatic hydroxyl groups is 1. The fraction of sp³-hybridized carbons (Fsp3) is 1.00. The Kier molecular flexibility index (Phi) is 51.7. The molecule has 0 aromatic rings. The molecule has 0 aromatic carbocycles. The standard InChI is InChI=1S/C43H90O19SSi4/c1-42(2,3)65-61-67(7,62-66-43(4,5)6)60-64-41-40-63-39-38-59-37-36-58-35-34-57-33-32-56-31-30-55-29-28-54-27-26-53-25-24-52-23-22-51-21-20-50-19-18-49-17-16-48-15-14-47-13-12-46-11-10-45-9-8-44/h44H,8-41H2,1-7H3. The highest BCUT2D eigenvalue weighted by Gasteiger charge is 2.37. The molecule has 24 heteroatoms. The largest absolute Gasteiger partial charge is 0.465 e. The number of ether oxygens (including phenoxy) is 15. The highest BCUT2D eigenvalue weighted by Crippen LogP contribution is 2.26. The molecule has 19 nitrogen and oxygen atoms in total. The minimum absolute atomic E-state index is 0.0210. The van der Waals surface area contributed by atoms with E-state index in [2.05, 4.69) is 41.5 Å². The zero-order valence-electron chi connectivity index (χ0n) is 42.2. The van der Waals surface area contributed by atoms with Gasteiger partial charge in [-0.1, -0.05) is 41.5 Å². The van der Waals surface area contributed by atoms with E-state index in [0.717, 1.165) is 17.5 Å². The summed E-state index contributed by atoms with van der Waals surface area (Å²) in [5.74, 6) is 1.96. The van der Waals surface area contributed by atoms with Gasteiger partial charge in [-0.05, 0) is 21.9 Å². The van der Waals surface area contributed by atoms with Crippen LogP contribution in [0.1, 0.15) is 41.5 Å². The molecule has 0 spiro atoms. The van der Waals surface area contributed by atoms with Gasteiger partial charge in [0.05, 0.1) is 205 Å². The molecule has 0 saturated carbocycles. The van der Waals surface area contributed by atoms with E-state index in [1.807, 2.05) is 18.3 Å². The van der Waals surface area contributed by atoms with Crippen molar-refractivity contribution in [1.29, 1.82) is 0 Å². The molecule has 0 heterocycles. The number of aliphatic hydroxyl groups excluding tert-OH is 1. The summed E-state index contributed by atoms with van der Waals surface area (Å²) in [5.41, 5.74) is 0. The lowest BCUT2D eigenvalue weighted by atomic mass is 10.3. The molecule has 6 radical (unpaired) electrons. The fourth-order valence-corrected chi connectivity index (χ4v) is 12.7. The second-order valence-corrected chi connectivity index (χ2v) is 25.9. The summed E-state index contributed by atoms with van der Waals surface area (Å²) < 4.78 is 101. The van der Waals surface area contributed by atoms with E-state index >= 15 is 0 Å². The van der Waals surface area contributed by atoms with E-state index in [1.165, 1.54) is 0 Å². The van der Waals surface area contributed by atoms with E-state index in [4.69, 9.17) is 88.5 Å². The molecular formula is C43H90O19SSi4. The first kappa shape index (κ1) is 67.5. The highest BCUT2D eigenvalue weighted by atomic mass is 32.2. The quantitative estimate of drug-likeness (QED) is 0.0691. The minimum Gasteiger partial charge on any atom is -0.416 e. The summed E-state index contributed by atoms with van der Waals surface area (Å²) in [5, 5.41) is 8.79. The van der Waals surface area contributed by atoms with Crippen LogP contribution in [0.15, 0.2) is 0 Å². The zero-order chi connectivity index (χ0) is 49.1. The van der Waals surface area contributed by atoms with Crippen LogP contribution in [-0.4, -0.2) is 260 Å². The summed E-state index contributed by atoms with van der Waals surface area (Å²) >= 11 is 1.87. The number of hydrogen-bond acceptors (Lipinski definition) is 20. The lowest BCUT2D eigenvalue weighted by Crippen LogP contribution is -2.47. The maximum absolute atomic E-state index is 8.61. The Morgan fingerprint density at radius 2 is 0.552 bits per heavy atom. The van der Waals surface area contributed by atoms with E-state index in [0.29, 0.717) is 227 Å². The van der Waals surface area contributed by atoms with Gasteiger partial charge >= 0.3 is 8.80 Å². The molecule has 0 aromatic heterocycles. The van der Waals surface area contributed by atoms with E-state index in [1.54, 1.807) is 0 Å². The molecule has 0 bridgehead atoms. The van der Waals surface area contributed by atoms with Gasteiger partial charge in [-0.25, -0.2) is 0 Å². The molecule has 0 rings (SSSR count). The van der Waals surface area contributed by atoms with Gasteiger partial charge in [-0.15, -0.1) is 0 Å². The summed E-state index contributed by atoms with van der Waals surface area (Å²) in [6, 6.07) is 0.977. The van der Waals surface area contributed by atoms with Gasteiger partial charge < -0.3 is 88.5 Å². The van der Waals surface area contributed by atoms with Crippen LogP contribution in [0.4, 0.5) is 0 Å². The van der Waals surface area contributed by atoms with Gasteiger partial charge in [0.25, 0.3) is 0 Å². The normalized spacial score (nSPS) is 12.5. The average Bonchev–Trinajstić information content (AvgIpc) is 3.29. The first-order valence-electron chi connectivity index (χ1n) is 23.6. The van der Waals surface area contributed by atoms with Crippen LogP contribution in [0.25, 0.3) is 0 Å².